The minimum absolute atomic E-state index is 0.0794. The SMILES string of the molecule is CC.CC(N)CC(O)c1ccccc1NC=O.CS. The van der Waals surface area contributed by atoms with Crippen molar-refractivity contribution in [1.29, 1.82) is 0 Å². The van der Waals surface area contributed by atoms with Crippen molar-refractivity contribution < 1.29 is 9.90 Å². The second-order valence-electron chi connectivity index (χ2n) is 3.58. The Labute approximate surface area is 121 Å². The molecule has 1 rings (SSSR count). The van der Waals surface area contributed by atoms with Gasteiger partial charge in [-0.1, -0.05) is 32.0 Å². The summed E-state index contributed by atoms with van der Waals surface area (Å²) < 4.78 is 0. The van der Waals surface area contributed by atoms with Gasteiger partial charge in [-0.2, -0.15) is 12.6 Å². The largest absolute Gasteiger partial charge is 0.388 e. The molecular weight excluding hydrogens is 260 g/mol. The Morgan fingerprint density at radius 1 is 1.37 bits per heavy atom. The van der Waals surface area contributed by atoms with E-state index in [9.17, 15) is 9.90 Å². The van der Waals surface area contributed by atoms with E-state index in [0.717, 1.165) is 0 Å². The standard InChI is InChI=1S/C11H16N2O2.C2H6.CH4S/c1-8(12)6-11(15)9-4-2-3-5-10(9)13-7-14;2*1-2/h2-5,7-8,11,15H,6,12H2,1H3,(H,13,14);1-2H3;2H,1H3. The topological polar surface area (TPSA) is 75.3 Å². The van der Waals surface area contributed by atoms with Gasteiger partial charge in [0.1, 0.15) is 0 Å². The number of aliphatic hydroxyl groups excluding tert-OH is 1. The van der Waals surface area contributed by atoms with E-state index in [4.69, 9.17) is 5.73 Å². The second-order valence-corrected chi connectivity index (χ2v) is 3.58. The van der Waals surface area contributed by atoms with Crippen LogP contribution in [0.3, 0.4) is 0 Å². The van der Waals surface area contributed by atoms with Gasteiger partial charge in [0.05, 0.1) is 6.10 Å². The van der Waals surface area contributed by atoms with Crippen molar-refractivity contribution in [2.24, 2.45) is 5.73 Å². The summed E-state index contributed by atoms with van der Waals surface area (Å²) in [5.41, 5.74) is 6.93. The fourth-order valence-electron chi connectivity index (χ4n) is 1.46. The third-order valence-electron chi connectivity index (χ3n) is 2.13. The number of carbonyl (C=O) groups excluding carboxylic acids is 1. The molecule has 4 N–H and O–H groups in total. The second kappa shape index (κ2) is 13.4. The van der Waals surface area contributed by atoms with Gasteiger partial charge in [0.25, 0.3) is 0 Å². The molecule has 0 heterocycles. The normalized spacial score (nSPS) is 11.9. The average Bonchev–Trinajstić information content (AvgIpc) is 2.43. The Bertz CT molecular complexity index is 333. The zero-order valence-electron chi connectivity index (χ0n) is 12.1. The van der Waals surface area contributed by atoms with E-state index >= 15 is 0 Å². The number of rotatable bonds is 5. The number of hydrogen-bond donors (Lipinski definition) is 4. The third-order valence-corrected chi connectivity index (χ3v) is 2.13. The van der Waals surface area contributed by atoms with Crippen molar-refractivity contribution >= 4 is 24.7 Å². The highest BCUT2D eigenvalue weighted by Crippen LogP contribution is 2.25. The van der Waals surface area contributed by atoms with Crippen LogP contribution < -0.4 is 11.1 Å². The van der Waals surface area contributed by atoms with Crippen LogP contribution in [0.2, 0.25) is 0 Å². The fraction of sp³-hybridized carbons (Fsp3) is 0.500. The highest BCUT2D eigenvalue weighted by atomic mass is 32.1. The summed E-state index contributed by atoms with van der Waals surface area (Å²) in [6, 6.07) is 7.06. The summed E-state index contributed by atoms with van der Waals surface area (Å²) in [5.74, 6) is 0. The van der Waals surface area contributed by atoms with Crippen molar-refractivity contribution in [1.82, 2.24) is 0 Å². The first kappa shape index (κ1) is 20.3. The Morgan fingerprint density at radius 3 is 2.37 bits per heavy atom. The molecule has 0 saturated carbocycles. The number of carbonyl (C=O) groups is 1. The van der Waals surface area contributed by atoms with Gasteiger partial charge in [-0.05, 0) is 25.7 Å². The van der Waals surface area contributed by atoms with E-state index in [1.54, 1.807) is 24.5 Å². The van der Waals surface area contributed by atoms with Crippen molar-refractivity contribution in [2.45, 2.75) is 39.3 Å². The Kier molecular flexibility index (Phi) is 14.3. The van der Waals surface area contributed by atoms with Crippen LogP contribution in [-0.4, -0.2) is 23.8 Å². The number of nitrogens with one attached hydrogen (secondary N) is 1. The molecule has 0 aliphatic carbocycles. The minimum Gasteiger partial charge on any atom is -0.388 e. The number of benzene rings is 1. The van der Waals surface area contributed by atoms with E-state index in [2.05, 4.69) is 17.9 Å². The third kappa shape index (κ3) is 8.64. The first-order valence-electron chi connectivity index (χ1n) is 6.32. The maximum absolute atomic E-state index is 10.4. The number of amides is 1. The summed E-state index contributed by atoms with van der Waals surface area (Å²) in [4.78, 5) is 10.4. The lowest BCUT2D eigenvalue weighted by molar-refractivity contribution is -0.105. The zero-order valence-corrected chi connectivity index (χ0v) is 13.0. The summed E-state index contributed by atoms with van der Waals surface area (Å²) in [6.07, 6.45) is 2.11. The summed E-state index contributed by atoms with van der Waals surface area (Å²) in [7, 11) is 0. The van der Waals surface area contributed by atoms with Crippen molar-refractivity contribution in [3.05, 3.63) is 29.8 Å². The van der Waals surface area contributed by atoms with E-state index in [1.807, 2.05) is 26.8 Å². The van der Waals surface area contributed by atoms with Crippen molar-refractivity contribution in [2.75, 3.05) is 11.6 Å². The molecule has 5 heteroatoms. The van der Waals surface area contributed by atoms with Crippen molar-refractivity contribution in [3.8, 4) is 0 Å². The lowest BCUT2D eigenvalue weighted by Gasteiger charge is -2.16. The molecule has 1 aromatic carbocycles. The fourth-order valence-corrected chi connectivity index (χ4v) is 1.46. The maximum atomic E-state index is 10.4. The first-order chi connectivity index (χ1) is 9.15. The molecule has 19 heavy (non-hydrogen) atoms. The molecule has 0 fully saturated rings. The number of para-hydroxylation sites is 1. The number of hydrogen-bond acceptors (Lipinski definition) is 4. The predicted molar refractivity (Wildman–Crippen MR) is 85.6 cm³/mol. The number of anilines is 1. The van der Waals surface area contributed by atoms with Gasteiger partial charge in [-0.25, -0.2) is 0 Å². The molecule has 0 aromatic heterocycles. The lowest BCUT2D eigenvalue weighted by Crippen LogP contribution is -2.19. The summed E-state index contributed by atoms with van der Waals surface area (Å²) in [5, 5.41) is 12.4. The predicted octanol–water partition coefficient (Wildman–Crippen LogP) is 2.60. The van der Waals surface area contributed by atoms with Crippen LogP contribution in [0, 0.1) is 0 Å². The highest BCUT2D eigenvalue weighted by molar-refractivity contribution is 7.79. The molecule has 2 unspecified atom stereocenters. The molecule has 1 amide bonds. The molecule has 0 saturated heterocycles. The van der Waals surface area contributed by atoms with Crippen LogP contribution in [0.15, 0.2) is 24.3 Å². The Morgan fingerprint density at radius 2 is 1.89 bits per heavy atom. The van der Waals surface area contributed by atoms with Crippen molar-refractivity contribution in [3.63, 3.8) is 0 Å². The van der Waals surface area contributed by atoms with Gasteiger partial charge in [0, 0.05) is 17.3 Å². The quantitative estimate of drug-likeness (QED) is 0.496. The lowest BCUT2D eigenvalue weighted by atomic mass is 10.0. The summed E-state index contributed by atoms with van der Waals surface area (Å²) in [6.45, 7) is 5.83. The number of thiol groups is 1. The molecule has 4 nitrogen and oxygen atoms in total. The van der Waals surface area contributed by atoms with Gasteiger partial charge in [-0.3, -0.25) is 4.79 Å². The van der Waals surface area contributed by atoms with Crippen LogP contribution in [-0.2, 0) is 4.79 Å². The molecule has 0 aliphatic rings. The van der Waals surface area contributed by atoms with Crippen LogP contribution >= 0.6 is 12.6 Å². The van der Waals surface area contributed by atoms with Gasteiger partial charge < -0.3 is 16.2 Å². The molecular formula is C14H26N2O2S. The summed E-state index contributed by atoms with van der Waals surface area (Å²) >= 11 is 3.53. The van der Waals surface area contributed by atoms with E-state index < -0.39 is 6.10 Å². The molecule has 110 valence electrons. The van der Waals surface area contributed by atoms with E-state index in [0.29, 0.717) is 24.1 Å². The van der Waals surface area contributed by atoms with E-state index in [1.165, 1.54) is 0 Å². The van der Waals surface area contributed by atoms with Crippen LogP contribution in [0.4, 0.5) is 5.69 Å². The molecule has 0 spiro atoms. The highest BCUT2D eigenvalue weighted by Gasteiger charge is 2.13. The minimum atomic E-state index is -0.645. The first-order valence-corrected chi connectivity index (χ1v) is 7.22. The number of nitrogens with two attached hydrogens (primary N) is 1. The number of aliphatic hydroxyl groups is 1. The van der Waals surface area contributed by atoms with Crippen LogP contribution in [0.25, 0.3) is 0 Å². The molecule has 1 aromatic rings. The molecule has 2 atom stereocenters. The van der Waals surface area contributed by atoms with Gasteiger partial charge in [0.15, 0.2) is 0 Å². The van der Waals surface area contributed by atoms with Gasteiger partial charge in [0.2, 0.25) is 6.41 Å². The van der Waals surface area contributed by atoms with Gasteiger partial charge >= 0.3 is 0 Å². The molecule has 0 aliphatic heterocycles. The van der Waals surface area contributed by atoms with Crippen LogP contribution in [0.1, 0.15) is 38.9 Å². The van der Waals surface area contributed by atoms with Crippen LogP contribution in [0.5, 0.6) is 0 Å². The average molecular weight is 286 g/mol. The van der Waals surface area contributed by atoms with E-state index in [-0.39, 0.29) is 6.04 Å². The smallest absolute Gasteiger partial charge is 0.211 e. The monoisotopic (exact) mass is 286 g/mol. The Hall–Kier alpha value is -1.04. The van der Waals surface area contributed by atoms with Gasteiger partial charge in [-0.15, -0.1) is 0 Å². The molecule has 0 radical (unpaired) electrons. The zero-order chi connectivity index (χ0) is 15.3. The Balaban J connectivity index is 0. The molecule has 0 bridgehead atoms. The maximum Gasteiger partial charge on any atom is 0.211 e.